The molecule has 2 atom stereocenters. The quantitative estimate of drug-likeness (QED) is 0.846. The van der Waals surface area contributed by atoms with Crippen LogP contribution in [-0.4, -0.2) is 10.7 Å². The zero-order valence-electron chi connectivity index (χ0n) is 10.8. The number of hydrogen-bond donors (Lipinski definition) is 1. The molecule has 0 fully saturated rings. The summed E-state index contributed by atoms with van der Waals surface area (Å²) < 4.78 is 0. The topological polar surface area (TPSA) is 29.1 Å². The maximum absolute atomic E-state index is 11.9. The maximum atomic E-state index is 11.9. The Balaban J connectivity index is 2.70. The van der Waals surface area contributed by atoms with E-state index in [0.29, 0.717) is 5.92 Å². The lowest BCUT2D eigenvalue weighted by Gasteiger charge is -2.20. The summed E-state index contributed by atoms with van der Waals surface area (Å²) in [6.07, 6.45) is 0. The Hall–Kier alpha value is -0.830. The Labute approximate surface area is 112 Å². The van der Waals surface area contributed by atoms with Gasteiger partial charge in [0.2, 0.25) is 5.91 Å². The fourth-order valence-electron chi connectivity index (χ4n) is 1.75. The number of halogens is 1. The molecule has 3 heteroatoms. The summed E-state index contributed by atoms with van der Waals surface area (Å²) in [6.45, 7) is 8.13. The summed E-state index contributed by atoms with van der Waals surface area (Å²) in [4.78, 5) is 11.8. The first-order chi connectivity index (χ1) is 7.93. The van der Waals surface area contributed by atoms with Crippen molar-refractivity contribution in [2.75, 3.05) is 0 Å². The van der Waals surface area contributed by atoms with Gasteiger partial charge in [0.15, 0.2) is 0 Å². The van der Waals surface area contributed by atoms with Gasteiger partial charge in [0.05, 0.1) is 10.9 Å². The Morgan fingerprint density at radius 1 is 1.24 bits per heavy atom. The molecule has 0 unspecified atom stereocenters. The van der Waals surface area contributed by atoms with Gasteiger partial charge in [-0.2, -0.15) is 0 Å². The minimum absolute atomic E-state index is 0.0440. The molecule has 17 heavy (non-hydrogen) atoms. The number of carbonyl (C=O) groups is 1. The zero-order valence-corrected chi connectivity index (χ0v) is 12.4. The lowest BCUT2D eigenvalue weighted by Crippen LogP contribution is -2.35. The first kappa shape index (κ1) is 14.2. The molecule has 0 aliphatic heterocycles. The van der Waals surface area contributed by atoms with E-state index in [1.807, 2.05) is 32.9 Å². The summed E-state index contributed by atoms with van der Waals surface area (Å²) in [5, 5.41) is 3.03. The van der Waals surface area contributed by atoms with Crippen molar-refractivity contribution in [3.63, 3.8) is 0 Å². The number of aryl methyl sites for hydroxylation is 1. The summed E-state index contributed by atoms with van der Waals surface area (Å²) in [6, 6.07) is 8.17. The average Bonchev–Trinajstić information content (AvgIpc) is 2.28. The van der Waals surface area contributed by atoms with E-state index in [2.05, 4.69) is 40.3 Å². The van der Waals surface area contributed by atoms with Crippen LogP contribution in [0.2, 0.25) is 0 Å². The van der Waals surface area contributed by atoms with Crippen LogP contribution in [-0.2, 0) is 4.79 Å². The van der Waals surface area contributed by atoms with Crippen LogP contribution in [0.5, 0.6) is 0 Å². The van der Waals surface area contributed by atoms with E-state index in [1.54, 1.807) is 0 Å². The van der Waals surface area contributed by atoms with Gasteiger partial charge in [-0.05, 0) is 30.9 Å². The van der Waals surface area contributed by atoms with E-state index < -0.39 is 0 Å². The van der Waals surface area contributed by atoms with E-state index in [9.17, 15) is 4.79 Å². The van der Waals surface area contributed by atoms with E-state index in [4.69, 9.17) is 0 Å². The molecule has 0 saturated carbocycles. The number of rotatable bonds is 4. The second-order valence-corrected chi connectivity index (χ2v) is 5.72. The number of carbonyl (C=O) groups excluding carboxylic acids is 1. The molecule has 1 rings (SSSR count). The molecule has 0 saturated heterocycles. The van der Waals surface area contributed by atoms with Crippen LogP contribution in [0.1, 0.15) is 37.9 Å². The molecule has 1 aromatic rings. The SMILES string of the molecule is Cc1ccccc1[C@@H](C)NC(=O)[C@@H](Br)C(C)C. The van der Waals surface area contributed by atoms with Crippen molar-refractivity contribution in [2.45, 2.75) is 38.6 Å². The maximum Gasteiger partial charge on any atom is 0.234 e. The van der Waals surface area contributed by atoms with Crippen LogP contribution in [0.3, 0.4) is 0 Å². The predicted octanol–water partition coefficient (Wildman–Crippen LogP) is 3.59. The van der Waals surface area contributed by atoms with Gasteiger partial charge >= 0.3 is 0 Å². The number of amides is 1. The summed E-state index contributed by atoms with van der Waals surface area (Å²) in [7, 11) is 0. The smallest absolute Gasteiger partial charge is 0.234 e. The van der Waals surface area contributed by atoms with Crippen molar-refractivity contribution in [3.05, 3.63) is 35.4 Å². The van der Waals surface area contributed by atoms with Crippen molar-refractivity contribution >= 4 is 21.8 Å². The predicted molar refractivity (Wildman–Crippen MR) is 75.3 cm³/mol. The second-order valence-electron chi connectivity index (χ2n) is 4.73. The van der Waals surface area contributed by atoms with Gasteiger partial charge in [0.25, 0.3) is 0 Å². The van der Waals surface area contributed by atoms with Gasteiger partial charge in [0.1, 0.15) is 0 Å². The van der Waals surface area contributed by atoms with Crippen molar-refractivity contribution < 1.29 is 4.79 Å². The molecule has 0 aromatic heterocycles. The number of alkyl halides is 1. The van der Waals surface area contributed by atoms with Crippen molar-refractivity contribution in [3.8, 4) is 0 Å². The highest BCUT2D eigenvalue weighted by Gasteiger charge is 2.20. The Bertz CT molecular complexity index is 390. The minimum Gasteiger partial charge on any atom is -0.349 e. The van der Waals surface area contributed by atoms with Crippen LogP contribution in [0.15, 0.2) is 24.3 Å². The highest BCUT2D eigenvalue weighted by atomic mass is 79.9. The molecular weight excluding hydrogens is 278 g/mol. The molecule has 0 heterocycles. The minimum atomic E-state index is -0.131. The van der Waals surface area contributed by atoms with Gasteiger partial charge in [0, 0.05) is 0 Å². The highest BCUT2D eigenvalue weighted by Crippen LogP contribution is 2.19. The molecule has 0 aliphatic carbocycles. The van der Waals surface area contributed by atoms with Gasteiger partial charge < -0.3 is 5.32 Å². The third-order valence-corrected chi connectivity index (χ3v) is 4.32. The molecule has 2 nitrogen and oxygen atoms in total. The van der Waals surface area contributed by atoms with Crippen LogP contribution >= 0.6 is 15.9 Å². The Kier molecular flexibility index (Phi) is 5.19. The first-order valence-corrected chi connectivity index (χ1v) is 6.85. The van der Waals surface area contributed by atoms with Crippen molar-refractivity contribution in [1.29, 1.82) is 0 Å². The molecule has 1 amide bonds. The normalized spacial score (nSPS) is 14.5. The van der Waals surface area contributed by atoms with Gasteiger partial charge in [-0.1, -0.05) is 54.0 Å². The Morgan fingerprint density at radius 2 is 1.82 bits per heavy atom. The van der Waals surface area contributed by atoms with Crippen LogP contribution in [0.4, 0.5) is 0 Å². The van der Waals surface area contributed by atoms with Crippen LogP contribution in [0.25, 0.3) is 0 Å². The van der Waals surface area contributed by atoms with Crippen LogP contribution in [0, 0.1) is 12.8 Å². The average molecular weight is 298 g/mol. The molecule has 1 aromatic carbocycles. The van der Waals surface area contributed by atoms with E-state index in [-0.39, 0.29) is 16.8 Å². The molecule has 0 aliphatic rings. The lowest BCUT2D eigenvalue weighted by atomic mass is 10.0. The molecular formula is C14H20BrNO. The summed E-state index contributed by atoms with van der Waals surface area (Å²) in [5.74, 6) is 0.342. The standard InChI is InChI=1S/C14H20BrNO/c1-9(2)13(15)14(17)16-11(4)12-8-6-5-7-10(12)3/h5-9,11,13H,1-4H3,(H,16,17)/t11-,13+/m1/s1. The van der Waals surface area contributed by atoms with Gasteiger partial charge in [-0.3, -0.25) is 4.79 Å². The van der Waals surface area contributed by atoms with E-state index in [0.717, 1.165) is 0 Å². The van der Waals surface area contributed by atoms with Gasteiger partial charge in [-0.25, -0.2) is 0 Å². The molecule has 0 radical (unpaired) electrons. The fourth-order valence-corrected chi connectivity index (χ4v) is 1.88. The summed E-state index contributed by atoms with van der Waals surface area (Å²) >= 11 is 3.42. The zero-order chi connectivity index (χ0) is 13.0. The second kappa shape index (κ2) is 6.20. The van der Waals surface area contributed by atoms with E-state index in [1.165, 1.54) is 11.1 Å². The Morgan fingerprint density at radius 3 is 2.35 bits per heavy atom. The highest BCUT2D eigenvalue weighted by molar-refractivity contribution is 9.10. The monoisotopic (exact) mass is 297 g/mol. The fraction of sp³-hybridized carbons (Fsp3) is 0.500. The molecule has 0 bridgehead atoms. The number of benzene rings is 1. The first-order valence-electron chi connectivity index (χ1n) is 5.93. The van der Waals surface area contributed by atoms with Gasteiger partial charge in [-0.15, -0.1) is 0 Å². The van der Waals surface area contributed by atoms with Crippen molar-refractivity contribution in [1.82, 2.24) is 5.32 Å². The summed E-state index contributed by atoms with van der Waals surface area (Å²) in [5.41, 5.74) is 2.38. The molecule has 94 valence electrons. The van der Waals surface area contributed by atoms with E-state index >= 15 is 0 Å². The van der Waals surface area contributed by atoms with Crippen molar-refractivity contribution in [2.24, 2.45) is 5.92 Å². The molecule has 0 spiro atoms. The third-order valence-electron chi connectivity index (χ3n) is 2.85. The number of hydrogen-bond acceptors (Lipinski definition) is 1. The largest absolute Gasteiger partial charge is 0.349 e. The number of nitrogens with one attached hydrogen (secondary N) is 1. The lowest BCUT2D eigenvalue weighted by molar-refractivity contribution is -0.121. The van der Waals surface area contributed by atoms with Crippen LogP contribution < -0.4 is 5.32 Å². The molecule has 1 N–H and O–H groups in total. The third kappa shape index (κ3) is 3.84.